The molecule has 28 heavy (non-hydrogen) atoms. The van der Waals surface area contributed by atoms with Gasteiger partial charge in [-0.1, -0.05) is 70.5 Å². The number of benzene rings is 4. The molecule has 0 radical (unpaired) electrons. The molecule has 3 nitrogen and oxygen atoms in total. The molecule has 4 aromatic carbocycles. The van der Waals surface area contributed by atoms with Crippen LogP contribution in [-0.4, -0.2) is 5.91 Å². The maximum Gasteiger partial charge on any atom is 0.262 e. The van der Waals surface area contributed by atoms with E-state index in [9.17, 15) is 4.79 Å². The molecule has 0 aromatic heterocycles. The monoisotopic (exact) mass is 428 g/mol. The molecule has 0 bridgehead atoms. The van der Waals surface area contributed by atoms with Crippen LogP contribution in [0.15, 0.2) is 95.5 Å². The van der Waals surface area contributed by atoms with Crippen molar-refractivity contribution in [1.29, 1.82) is 0 Å². The van der Waals surface area contributed by atoms with Crippen LogP contribution in [0.3, 0.4) is 0 Å². The lowest BCUT2D eigenvalue weighted by Gasteiger charge is -2.38. The Labute approximate surface area is 171 Å². The maximum atomic E-state index is 13.5. The van der Waals surface area contributed by atoms with E-state index in [1.165, 1.54) is 0 Å². The molecule has 0 spiro atoms. The van der Waals surface area contributed by atoms with Gasteiger partial charge in [-0.25, -0.2) is 0 Å². The predicted molar refractivity (Wildman–Crippen MR) is 118 cm³/mol. The molecule has 1 heterocycles. The van der Waals surface area contributed by atoms with Crippen molar-refractivity contribution in [3.63, 3.8) is 0 Å². The van der Waals surface area contributed by atoms with Crippen molar-refractivity contribution in [2.24, 2.45) is 0 Å². The summed E-state index contributed by atoms with van der Waals surface area (Å²) in [6.07, 6.45) is -0.281. The van der Waals surface area contributed by atoms with E-state index in [2.05, 4.69) is 45.5 Å². The SMILES string of the molecule is O=C1c2ccccc2N[C@@H](c2ccc(Br)cc2)N1c1ccc2ccccc2c1. The van der Waals surface area contributed by atoms with Crippen molar-refractivity contribution < 1.29 is 4.79 Å². The zero-order valence-electron chi connectivity index (χ0n) is 15.0. The lowest BCUT2D eigenvalue weighted by Crippen LogP contribution is -2.43. The van der Waals surface area contributed by atoms with E-state index < -0.39 is 0 Å². The fourth-order valence-corrected chi connectivity index (χ4v) is 3.99. The van der Waals surface area contributed by atoms with Gasteiger partial charge in [-0.2, -0.15) is 0 Å². The number of hydrogen-bond acceptors (Lipinski definition) is 2. The van der Waals surface area contributed by atoms with Gasteiger partial charge >= 0.3 is 0 Å². The highest BCUT2D eigenvalue weighted by Crippen LogP contribution is 2.37. The summed E-state index contributed by atoms with van der Waals surface area (Å²) in [6, 6.07) is 30.1. The standard InChI is InChI=1S/C24H17BrN2O/c25-19-12-9-17(10-13-19)23-26-22-8-4-3-7-21(22)24(28)27(23)20-14-11-16-5-1-2-6-18(16)15-20/h1-15,23,26H/t23-/m1/s1. The van der Waals surface area contributed by atoms with E-state index in [0.29, 0.717) is 5.56 Å². The second-order valence-electron chi connectivity index (χ2n) is 6.85. The molecule has 5 rings (SSSR count). The summed E-state index contributed by atoms with van der Waals surface area (Å²) in [5.41, 5.74) is 3.44. The van der Waals surface area contributed by atoms with Gasteiger partial charge in [0.1, 0.15) is 6.17 Å². The number of nitrogens with zero attached hydrogens (tertiary/aromatic N) is 1. The van der Waals surface area contributed by atoms with Crippen molar-refractivity contribution in [1.82, 2.24) is 0 Å². The lowest BCUT2D eigenvalue weighted by molar-refractivity contribution is 0.0975. The van der Waals surface area contributed by atoms with Crippen LogP contribution in [0.2, 0.25) is 0 Å². The summed E-state index contributed by atoms with van der Waals surface area (Å²) in [4.78, 5) is 15.3. The van der Waals surface area contributed by atoms with Crippen LogP contribution >= 0.6 is 15.9 Å². The quantitative estimate of drug-likeness (QED) is 0.401. The van der Waals surface area contributed by atoms with E-state index in [0.717, 1.165) is 32.2 Å². The molecular weight excluding hydrogens is 412 g/mol. The van der Waals surface area contributed by atoms with Crippen molar-refractivity contribution in [3.8, 4) is 0 Å². The Balaban J connectivity index is 1.68. The molecule has 0 saturated heterocycles. The summed E-state index contributed by atoms with van der Waals surface area (Å²) in [5.74, 6) is -0.00227. The number of carbonyl (C=O) groups excluding carboxylic acids is 1. The number of para-hydroxylation sites is 1. The van der Waals surface area contributed by atoms with Gasteiger partial charge in [0.25, 0.3) is 5.91 Å². The largest absolute Gasteiger partial charge is 0.360 e. The number of amides is 1. The first-order valence-corrected chi connectivity index (χ1v) is 9.93. The minimum absolute atomic E-state index is 0.00227. The average molecular weight is 429 g/mol. The number of nitrogens with one attached hydrogen (secondary N) is 1. The smallest absolute Gasteiger partial charge is 0.262 e. The molecule has 0 saturated carbocycles. The zero-order valence-corrected chi connectivity index (χ0v) is 16.6. The van der Waals surface area contributed by atoms with Crippen LogP contribution in [0.25, 0.3) is 10.8 Å². The normalized spacial score (nSPS) is 16.0. The molecule has 1 aliphatic heterocycles. The van der Waals surface area contributed by atoms with E-state index in [4.69, 9.17) is 0 Å². The van der Waals surface area contributed by atoms with Gasteiger partial charge in [0.15, 0.2) is 0 Å². The predicted octanol–water partition coefficient (Wildman–Crippen LogP) is 6.37. The molecule has 4 aromatic rings. The Morgan fingerprint density at radius 1 is 0.786 bits per heavy atom. The number of fused-ring (bicyclic) bond motifs is 2. The molecule has 1 atom stereocenters. The molecule has 0 fully saturated rings. The van der Waals surface area contributed by atoms with Crippen molar-refractivity contribution >= 4 is 44.0 Å². The first kappa shape index (κ1) is 17.0. The summed E-state index contributed by atoms with van der Waals surface area (Å²) in [5, 5.41) is 5.82. The number of halogens is 1. The zero-order chi connectivity index (χ0) is 19.1. The average Bonchev–Trinajstić information content (AvgIpc) is 2.74. The summed E-state index contributed by atoms with van der Waals surface area (Å²) in [6.45, 7) is 0. The van der Waals surface area contributed by atoms with E-state index in [1.54, 1.807) is 0 Å². The molecule has 0 unspecified atom stereocenters. The van der Waals surface area contributed by atoms with Crippen LogP contribution in [0.1, 0.15) is 22.1 Å². The third-order valence-electron chi connectivity index (χ3n) is 5.12. The molecule has 1 amide bonds. The van der Waals surface area contributed by atoms with Crippen LogP contribution in [0, 0.1) is 0 Å². The van der Waals surface area contributed by atoms with Gasteiger partial charge in [-0.05, 0) is 52.7 Å². The topological polar surface area (TPSA) is 32.3 Å². The van der Waals surface area contributed by atoms with Gasteiger partial charge in [-0.3, -0.25) is 9.69 Å². The Hall–Kier alpha value is -3.11. The number of carbonyl (C=O) groups is 1. The maximum absolute atomic E-state index is 13.5. The van der Waals surface area contributed by atoms with Gasteiger partial charge < -0.3 is 5.32 Å². The molecule has 0 aliphatic carbocycles. The van der Waals surface area contributed by atoms with Gasteiger partial charge in [0.05, 0.1) is 5.56 Å². The minimum atomic E-state index is -0.281. The van der Waals surface area contributed by atoms with Gasteiger partial charge in [0, 0.05) is 15.8 Å². The highest BCUT2D eigenvalue weighted by molar-refractivity contribution is 9.10. The first-order chi connectivity index (χ1) is 13.7. The summed E-state index contributed by atoms with van der Waals surface area (Å²) < 4.78 is 1.01. The second-order valence-corrected chi connectivity index (χ2v) is 7.77. The van der Waals surface area contributed by atoms with Crippen LogP contribution < -0.4 is 10.2 Å². The molecular formula is C24H17BrN2O. The second kappa shape index (κ2) is 6.80. The Morgan fingerprint density at radius 2 is 1.50 bits per heavy atom. The molecule has 4 heteroatoms. The van der Waals surface area contributed by atoms with E-state index in [1.807, 2.05) is 71.6 Å². The van der Waals surface area contributed by atoms with E-state index in [-0.39, 0.29) is 12.1 Å². The first-order valence-electron chi connectivity index (χ1n) is 9.14. The third kappa shape index (κ3) is 2.86. The minimum Gasteiger partial charge on any atom is -0.360 e. The fraction of sp³-hybridized carbons (Fsp3) is 0.0417. The van der Waals surface area contributed by atoms with Gasteiger partial charge in [0.2, 0.25) is 0 Å². The fourth-order valence-electron chi connectivity index (χ4n) is 3.72. The van der Waals surface area contributed by atoms with Crippen LogP contribution in [-0.2, 0) is 0 Å². The third-order valence-corrected chi connectivity index (χ3v) is 5.65. The molecule has 136 valence electrons. The lowest BCUT2D eigenvalue weighted by atomic mass is 10.0. The summed E-state index contributed by atoms with van der Waals surface area (Å²) >= 11 is 3.49. The van der Waals surface area contributed by atoms with Crippen LogP contribution in [0.5, 0.6) is 0 Å². The number of rotatable bonds is 2. The number of anilines is 2. The Bertz CT molecular complexity index is 1190. The summed E-state index contributed by atoms with van der Waals surface area (Å²) in [7, 11) is 0. The Kier molecular flexibility index (Phi) is 4.14. The van der Waals surface area contributed by atoms with Crippen molar-refractivity contribution in [3.05, 3.63) is 107 Å². The highest BCUT2D eigenvalue weighted by Gasteiger charge is 2.34. The van der Waals surface area contributed by atoms with Crippen LogP contribution in [0.4, 0.5) is 11.4 Å². The number of hydrogen-bond donors (Lipinski definition) is 1. The molecule has 1 N–H and O–H groups in total. The van der Waals surface area contributed by atoms with Crippen molar-refractivity contribution in [2.45, 2.75) is 6.17 Å². The molecule has 1 aliphatic rings. The van der Waals surface area contributed by atoms with E-state index >= 15 is 0 Å². The Morgan fingerprint density at radius 3 is 2.32 bits per heavy atom. The van der Waals surface area contributed by atoms with Crippen molar-refractivity contribution in [2.75, 3.05) is 10.2 Å². The highest BCUT2D eigenvalue weighted by atomic mass is 79.9. The van der Waals surface area contributed by atoms with Gasteiger partial charge in [-0.15, -0.1) is 0 Å².